The van der Waals surface area contributed by atoms with E-state index in [1.165, 1.54) is 31.8 Å². The van der Waals surface area contributed by atoms with E-state index in [0.29, 0.717) is 11.3 Å². The molecule has 0 radical (unpaired) electrons. The predicted molar refractivity (Wildman–Crippen MR) is 88.7 cm³/mol. The first-order valence-corrected chi connectivity index (χ1v) is 7.30. The van der Waals surface area contributed by atoms with Crippen molar-refractivity contribution in [2.75, 3.05) is 18.2 Å². The maximum Gasteiger partial charge on any atom is 0.278 e. The van der Waals surface area contributed by atoms with Crippen LogP contribution in [0.4, 0.5) is 15.9 Å². The van der Waals surface area contributed by atoms with Crippen molar-refractivity contribution < 1.29 is 13.9 Å². The van der Waals surface area contributed by atoms with Crippen molar-refractivity contribution in [2.45, 2.75) is 6.54 Å². The Bertz CT molecular complexity index is 911. The molecule has 0 atom stereocenters. The highest BCUT2D eigenvalue weighted by Crippen LogP contribution is 2.23. The number of anilines is 2. The molecule has 3 rings (SSSR count). The van der Waals surface area contributed by atoms with Crippen molar-refractivity contribution in [1.29, 1.82) is 0 Å². The van der Waals surface area contributed by atoms with Crippen molar-refractivity contribution in [2.24, 2.45) is 0 Å². The number of benzene rings is 1. The van der Waals surface area contributed by atoms with Gasteiger partial charge < -0.3 is 15.8 Å². The fraction of sp³-hybridized carbons (Fsp3) is 0.125. The third kappa shape index (κ3) is 3.55. The average molecular weight is 342 g/mol. The zero-order chi connectivity index (χ0) is 17.8. The van der Waals surface area contributed by atoms with Crippen LogP contribution in [0.5, 0.6) is 5.75 Å². The number of carbonyl (C=O) groups is 1. The topological polar surface area (TPSA) is 108 Å². The quantitative estimate of drug-likeness (QED) is 0.731. The minimum Gasteiger partial charge on any atom is -0.493 e. The molecule has 0 aliphatic rings. The lowest BCUT2D eigenvalue weighted by molar-refractivity contribution is 0.102. The Morgan fingerprint density at radius 2 is 2.16 bits per heavy atom. The molecule has 0 spiro atoms. The van der Waals surface area contributed by atoms with Crippen LogP contribution in [0, 0.1) is 5.82 Å². The standard InChI is InChI=1S/C16H15FN6O2/c1-25-14-10(3-2-4-12(14)17)8-23-9-11(7-21-23)22-16(24)13-15(18)20-6-5-19-13/h2-7,9H,8H2,1H3,(H2,18,20)(H,22,24). The van der Waals surface area contributed by atoms with Crippen molar-refractivity contribution >= 4 is 17.4 Å². The Morgan fingerprint density at radius 1 is 1.36 bits per heavy atom. The monoisotopic (exact) mass is 342 g/mol. The van der Waals surface area contributed by atoms with E-state index in [1.807, 2.05) is 0 Å². The molecular weight excluding hydrogens is 327 g/mol. The minimum absolute atomic E-state index is 0.0297. The Kier molecular flexibility index (Phi) is 4.55. The maximum absolute atomic E-state index is 13.7. The summed E-state index contributed by atoms with van der Waals surface area (Å²) < 4.78 is 20.3. The number of amides is 1. The van der Waals surface area contributed by atoms with Gasteiger partial charge in [-0.3, -0.25) is 9.48 Å². The molecule has 3 N–H and O–H groups in total. The number of nitrogens with one attached hydrogen (secondary N) is 1. The van der Waals surface area contributed by atoms with E-state index in [9.17, 15) is 9.18 Å². The van der Waals surface area contributed by atoms with E-state index in [-0.39, 0.29) is 23.8 Å². The molecule has 8 nitrogen and oxygen atoms in total. The number of methoxy groups -OCH3 is 1. The van der Waals surface area contributed by atoms with Crippen LogP contribution in [-0.4, -0.2) is 32.8 Å². The van der Waals surface area contributed by atoms with Crippen molar-refractivity contribution in [3.8, 4) is 5.75 Å². The highest BCUT2D eigenvalue weighted by atomic mass is 19.1. The second-order valence-corrected chi connectivity index (χ2v) is 5.10. The van der Waals surface area contributed by atoms with Gasteiger partial charge in [-0.25, -0.2) is 14.4 Å². The van der Waals surface area contributed by atoms with E-state index in [4.69, 9.17) is 10.5 Å². The van der Waals surface area contributed by atoms with E-state index < -0.39 is 11.7 Å². The zero-order valence-corrected chi connectivity index (χ0v) is 13.3. The normalized spacial score (nSPS) is 10.5. The molecule has 0 saturated heterocycles. The van der Waals surface area contributed by atoms with Gasteiger partial charge in [0.05, 0.1) is 25.5 Å². The van der Waals surface area contributed by atoms with Gasteiger partial charge in [0.2, 0.25) is 0 Å². The molecule has 3 aromatic rings. The number of ether oxygens (including phenoxy) is 1. The van der Waals surface area contributed by atoms with Crippen molar-refractivity contribution in [3.05, 3.63) is 60.1 Å². The molecule has 0 unspecified atom stereocenters. The third-order valence-corrected chi connectivity index (χ3v) is 3.42. The summed E-state index contributed by atoms with van der Waals surface area (Å²) in [6.07, 6.45) is 5.85. The first-order valence-electron chi connectivity index (χ1n) is 7.30. The number of rotatable bonds is 5. The fourth-order valence-electron chi connectivity index (χ4n) is 2.31. The molecule has 0 aliphatic heterocycles. The number of nitrogens with two attached hydrogens (primary N) is 1. The van der Waals surface area contributed by atoms with Crippen LogP contribution in [0.15, 0.2) is 43.0 Å². The number of carbonyl (C=O) groups excluding carboxylic acids is 1. The summed E-state index contributed by atoms with van der Waals surface area (Å²) in [6.45, 7) is 0.282. The molecule has 0 fully saturated rings. The predicted octanol–water partition coefficient (Wildman–Crippen LogP) is 1.70. The Balaban J connectivity index is 1.74. The van der Waals surface area contributed by atoms with Crippen LogP contribution < -0.4 is 15.8 Å². The molecule has 9 heteroatoms. The third-order valence-electron chi connectivity index (χ3n) is 3.42. The number of hydrogen-bond donors (Lipinski definition) is 2. The smallest absolute Gasteiger partial charge is 0.278 e. The van der Waals surface area contributed by atoms with Gasteiger partial charge in [0.15, 0.2) is 23.1 Å². The molecule has 25 heavy (non-hydrogen) atoms. The summed E-state index contributed by atoms with van der Waals surface area (Å²) in [5.41, 5.74) is 6.73. The highest BCUT2D eigenvalue weighted by Gasteiger charge is 2.14. The summed E-state index contributed by atoms with van der Waals surface area (Å²) in [4.78, 5) is 19.9. The molecule has 1 aromatic carbocycles. The first-order chi connectivity index (χ1) is 12.1. The minimum atomic E-state index is -0.492. The van der Waals surface area contributed by atoms with Crippen LogP contribution in [-0.2, 0) is 6.54 Å². The number of nitrogens with zero attached hydrogens (tertiary/aromatic N) is 4. The lowest BCUT2D eigenvalue weighted by Crippen LogP contribution is -2.16. The van der Waals surface area contributed by atoms with Crippen LogP contribution in [0.3, 0.4) is 0 Å². The molecule has 0 bridgehead atoms. The van der Waals surface area contributed by atoms with E-state index in [0.717, 1.165) is 0 Å². The van der Waals surface area contributed by atoms with Gasteiger partial charge >= 0.3 is 0 Å². The number of aromatic nitrogens is 4. The molecule has 1 amide bonds. The Morgan fingerprint density at radius 3 is 2.92 bits per heavy atom. The summed E-state index contributed by atoms with van der Waals surface area (Å²) >= 11 is 0. The van der Waals surface area contributed by atoms with Gasteiger partial charge in [0.1, 0.15) is 0 Å². The number of nitrogen functional groups attached to an aromatic ring is 1. The maximum atomic E-state index is 13.7. The number of halogens is 1. The number of hydrogen-bond acceptors (Lipinski definition) is 6. The van der Waals surface area contributed by atoms with Crippen LogP contribution in [0.25, 0.3) is 0 Å². The summed E-state index contributed by atoms with van der Waals surface area (Å²) in [6, 6.07) is 4.65. The van der Waals surface area contributed by atoms with Gasteiger partial charge in [0, 0.05) is 24.2 Å². The van der Waals surface area contributed by atoms with E-state index in [2.05, 4.69) is 20.4 Å². The molecule has 2 aromatic heterocycles. The molecule has 0 saturated carbocycles. The lowest BCUT2D eigenvalue weighted by Gasteiger charge is -2.09. The molecule has 2 heterocycles. The zero-order valence-electron chi connectivity index (χ0n) is 13.3. The second kappa shape index (κ2) is 6.95. The Hall–Kier alpha value is -3.49. The van der Waals surface area contributed by atoms with Crippen molar-refractivity contribution in [3.63, 3.8) is 0 Å². The summed E-state index contributed by atoms with van der Waals surface area (Å²) in [5.74, 6) is -0.736. The lowest BCUT2D eigenvalue weighted by atomic mass is 10.2. The average Bonchev–Trinajstić information content (AvgIpc) is 3.02. The molecule has 0 aliphatic carbocycles. The van der Waals surface area contributed by atoms with E-state index >= 15 is 0 Å². The Labute approximate surface area is 142 Å². The summed E-state index contributed by atoms with van der Waals surface area (Å²) in [7, 11) is 1.40. The second-order valence-electron chi connectivity index (χ2n) is 5.10. The van der Waals surface area contributed by atoms with E-state index in [1.54, 1.807) is 23.0 Å². The van der Waals surface area contributed by atoms with Gasteiger partial charge in [-0.05, 0) is 6.07 Å². The SMILES string of the molecule is COc1c(F)cccc1Cn1cc(NC(=O)c2nccnc2N)cn1. The molecular formula is C16H15FN6O2. The van der Waals surface area contributed by atoms with Gasteiger partial charge in [0.25, 0.3) is 5.91 Å². The van der Waals surface area contributed by atoms with Crippen molar-refractivity contribution in [1.82, 2.24) is 19.7 Å². The first kappa shape index (κ1) is 16.4. The fourth-order valence-corrected chi connectivity index (χ4v) is 2.31. The van der Waals surface area contributed by atoms with Crippen LogP contribution in [0.2, 0.25) is 0 Å². The van der Waals surface area contributed by atoms with Gasteiger partial charge in [-0.1, -0.05) is 12.1 Å². The molecule has 128 valence electrons. The highest BCUT2D eigenvalue weighted by molar-refractivity contribution is 6.05. The van der Waals surface area contributed by atoms with Gasteiger partial charge in [-0.15, -0.1) is 0 Å². The number of para-hydroxylation sites is 1. The summed E-state index contributed by atoms with van der Waals surface area (Å²) in [5, 5.41) is 6.78. The largest absolute Gasteiger partial charge is 0.493 e. The van der Waals surface area contributed by atoms with Crippen LogP contribution in [0.1, 0.15) is 16.1 Å². The van der Waals surface area contributed by atoms with Crippen LogP contribution >= 0.6 is 0 Å². The van der Waals surface area contributed by atoms with Gasteiger partial charge in [-0.2, -0.15) is 5.10 Å².